The minimum atomic E-state index is 0. The molecular weight excluding hydrogens is 185 g/mol. The van der Waals surface area contributed by atoms with Gasteiger partial charge < -0.3 is 0 Å². The van der Waals surface area contributed by atoms with Crippen molar-refractivity contribution in [3.63, 3.8) is 0 Å². The molecular formula is H6Al2Zn2. The minimum absolute atomic E-state index is 0. The van der Waals surface area contributed by atoms with Gasteiger partial charge >= 0.3 is 0 Å². The molecule has 0 nitrogen and oxygen atoms in total. The van der Waals surface area contributed by atoms with Gasteiger partial charge in [-0.15, -0.1) is 0 Å². The monoisotopic (exact) mass is 188 g/mol. The zero-order valence-corrected chi connectivity index (χ0v) is 7.35. The largest absolute Gasteiger partial charge is 0.187 e. The summed E-state index contributed by atoms with van der Waals surface area (Å²) in [6, 6.07) is 0. The fraction of sp³-hybridized carbons (Fsp3) is 0. The average molecular weight is 191 g/mol. The summed E-state index contributed by atoms with van der Waals surface area (Å²) in [5, 5.41) is 0. The minimum Gasteiger partial charge on any atom is 0 e. The summed E-state index contributed by atoms with van der Waals surface area (Å²) in [6.07, 6.45) is 0. The van der Waals surface area contributed by atoms with Crippen LogP contribution in [0.2, 0.25) is 0 Å². The molecule has 0 spiro atoms. The van der Waals surface area contributed by atoms with Crippen LogP contribution in [-0.4, -0.2) is 34.7 Å². The quantitative estimate of drug-likeness (QED) is 0.375. The van der Waals surface area contributed by atoms with Gasteiger partial charge in [-0.05, 0) is 0 Å². The molecule has 0 radical (unpaired) electrons. The Balaban J connectivity index is 0. The van der Waals surface area contributed by atoms with Crippen LogP contribution in [-0.2, 0) is 39.0 Å². The van der Waals surface area contributed by atoms with Crippen LogP contribution in [0.1, 0.15) is 0 Å². The van der Waals surface area contributed by atoms with Crippen LogP contribution >= 0.6 is 0 Å². The third kappa shape index (κ3) is 8.85. The first-order valence-electron chi connectivity index (χ1n) is 0. The summed E-state index contributed by atoms with van der Waals surface area (Å²) in [6.45, 7) is 0. The van der Waals surface area contributed by atoms with Crippen LogP contribution in [0.5, 0.6) is 0 Å². The van der Waals surface area contributed by atoms with E-state index in [1.54, 1.807) is 0 Å². The standard InChI is InChI=1S/2Al.2Zn.6H. The third-order valence-corrected chi connectivity index (χ3v) is 0. The Kier molecular flexibility index (Phi) is 154. The molecule has 0 saturated carbocycles. The van der Waals surface area contributed by atoms with E-state index in [1.807, 2.05) is 0 Å². The van der Waals surface area contributed by atoms with Crippen molar-refractivity contribution >= 4 is 34.7 Å². The molecule has 16 valence electrons. The van der Waals surface area contributed by atoms with Crippen LogP contribution < -0.4 is 0 Å². The Morgan fingerprint density at radius 3 is 0.500 bits per heavy atom. The van der Waals surface area contributed by atoms with Crippen molar-refractivity contribution in [3.05, 3.63) is 0 Å². The van der Waals surface area contributed by atoms with Gasteiger partial charge in [-0.25, -0.2) is 0 Å². The maximum Gasteiger partial charge on any atom is 0.187 e. The SMILES string of the molecule is [AlH3].[AlH3].[Zn].[Zn]. The Morgan fingerprint density at radius 1 is 0.500 bits per heavy atom. The number of rotatable bonds is 0. The van der Waals surface area contributed by atoms with Crippen molar-refractivity contribution in [3.8, 4) is 0 Å². The van der Waals surface area contributed by atoms with Crippen LogP contribution in [0.3, 0.4) is 0 Å². The molecule has 0 aromatic heterocycles. The van der Waals surface area contributed by atoms with Gasteiger partial charge in [-0.2, -0.15) is 0 Å². The summed E-state index contributed by atoms with van der Waals surface area (Å²) in [5.74, 6) is 0. The predicted octanol–water partition coefficient (Wildman–Crippen LogP) is -2.37. The van der Waals surface area contributed by atoms with Crippen molar-refractivity contribution in [1.29, 1.82) is 0 Å². The van der Waals surface area contributed by atoms with E-state index in [0.29, 0.717) is 0 Å². The predicted molar refractivity (Wildman–Crippen MR) is 19.9 cm³/mol. The number of hydrogen-bond donors (Lipinski definition) is 0. The summed E-state index contributed by atoms with van der Waals surface area (Å²) in [7, 11) is 0. The van der Waals surface area contributed by atoms with E-state index in [4.69, 9.17) is 0 Å². The van der Waals surface area contributed by atoms with E-state index in [9.17, 15) is 0 Å². The van der Waals surface area contributed by atoms with Crippen molar-refractivity contribution in [2.45, 2.75) is 0 Å². The van der Waals surface area contributed by atoms with E-state index < -0.39 is 0 Å². The summed E-state index contributed by atoms with van der Waals surface area (Å²) < 4.78 is 0. The van der Waals surface area contributed by atoms with Crippen molar-refractivity contribution in [2.75, 3.05) is 0 Å². The molecule has 0 fully saturated rings. The van der Waals surface area contributed by atoms with Crippen LogP contribution in [0.25, 0.3) is 0 Å². The molecule has 0 N–H and O–H groups in total. The summed E-state index contributed by atoms with van der Waals surface area (Å²) >= 11 is 0. The van der Waals surface area contributed by atoms with Gasteiger partial charge in [-0.3, -0.25) is 0 Å². The van der Waals surface area contributed by atoms with Gasteiger partial charge in [0, 0.05) is 39.0 Å². The average Bonchev–Trinajstić information content (AvgIpc) is 0. The Hall–Kier alpha value is 2.31. The molecule has 4 heavy (non-hydrogen) atoms. The first kappa shape index (κ1) is 33.3. The molecule has 0 saturated heterocycles. The normalized spacial score (nSPS) is 0. The van der Waals surface area contributed by atoms with Crippen LogP contribution in [0.15, 0.2) is 0 Å². The molecule has 0 aliphatic carbocycles. The van der Waals surface area contributed by atoms with E-state index in [-0.39, 0.29) is 73.7 Å². The second kappa shape index (κ2) is 18.5. The maximum atomic E-state index is 0. The Labute approximate surface area is 72.9 Å². The maximum absolute atomic E-state index is 0. The molecule has 0 aromatic carbocycles. The Bertz CT molecular complexity index is 4.00. The molecule has 0 aliphatic heterocycles. The number of hydrogen-bond acceptors (Lipinski definition) is 0. The van der Waals surface area contributed by atoms with Crippen LogP contribution in [0, 0.1) is 0 Å². The van der Waals surface area contributed by atoms with E-state index in [0.717, 1.165) is 0 Å². The van der Waals surface area contributed by atoms with Crippen molar-refractivity contribution < 1.29 is 39.0 Å². The molecule has 4 heteroatoms. The van der Waals surface area contributed by atoms with Gasteiger partial charge in [0.25, 0.3) is 0 Å². The molecule has 0 aromatic rings. The molecule has 0 bridgehead atoms. The molecule has 0 aliphatic rings. The first-order chi connectivity index (χ1) is 0. The van der Waals surface area contributed by atoms with E-state index in [2.05, 4.69) is 0 Å². The molecule has 0 rings (SSSR count). The summed E-state index contributed by atoms with van der Waals surface area (Å²) in [5.41, 5.74) is 0. The van der Waals surface area contributed by atoms with Gasteiger partial charge in [0.1, 0.15) is 0 Å². The third-order valence-electron chi connectivity index (χ3n) is 0. The Morgan fingerprint density at radius 2 is 0.500 bits per heavy atom. The zero-order chi connectivity index (χ0) is 0. The first-order valence-corrected chi connectivity index (χ1v) is 0. The van der Waals surface area contributed by atoms with E-state index >= 15 is 0 Å². The smallest absolute Gasteiger partial charge is 0 e. The van der Waals surface area contributed by atoms with Crippen molar-refractivity contribution in [2.24, 2.45) is 0 Å². The second-order valence-corrected chi connectivity index (χ2v) is 0. The summed E-state index contributed by atoms with van der Waals surface area (Å²) in [4.78, 5) is 0. The zero-order valence-electron chi connectivity index (χ0n) is 1.41. The molecule has 0 heterocycles. The van der Waals surface area contributed by atoms with Gasteiger partial charge in [-0.1, -0.05) is 0 Å². The van der Waals surface area contributed by atoms with E-state index in [1.165, 1.54) is 0 Å². The van der Waals surface area contributed by atoms with Gasteiger partial charge in [0.2, 0.25) is 0 Å². The molecule has 0 unspecified atom stereocenters. The topological polar surface area (TPSA) is 0 Å². The van der Waals surface area contributed by atoms with Gasteiger partial charge in [0.05, 0.1) is 0 Å². The van der Waals surface area contributed by atoms with Gasteiger partial charge in [0.15, 0.2) is 34.7 Å². The fourth-order valence-corrected chi connectivity index (χ4v) is 0. The van der Waals surface area contributed by atoms with Crippen LogP contribution in [0.4, 0.5) is 0 Å². The molecule has 0 atom stereocenters. The molecule has 0 amide bonds. The second-order valence-electron chi connectivity index (χ2n) is 0. The van der Waals surface area contributed by atoms with Crippen molar-refractivity contribution in [1.82, 2.24) is 0 Å². The fourth-order valence-electron chi connectivity index (χ4n) is 0.